The van der Waals surface area contributed by atoms with E-state index in [-0.39, 0.29) is 57.2 Å². The van der Waals surface area contributed by atoms with Crippen molar-refractivity contribution in [2.24, 2.45) is 0 Å². The molecule has 0 spiro atoms. The Hall–Kier alpha value is -2.37. The van der Waals surface area contributed by atoms with Crippen LogP contribution in [0.4, 0.5) is 10.1 Å². The maximum absolute atomic E-state index is 15.1. The summed E-state index contributed by atoms with van der Waals surface area (Å²) in [5.41, 5.74) is -0.643. The molecule has 1 saturated heterocycles. The first kappa shape index (κ1) is 25.7. The van der Waals surface area contributed by atoms with Crippen LogP contribution in [0.5, 0.6) is 0 Å². The first-order chi connectivity index (χ1) is 16.4. The van der Waals surface area contributed by atoms with Gasteiger partial charge in [0, 0.05) is 49.3 Å². The lowest BCUT2D eigenvalue weighted by Crippen LogP contribution is -2.49. The van der Waals surface area contributed by atoms with Crippen molar-refractivity contribution in [3.8, 4) is 0 Å². The number of rotatable bonds is 5. The number of piperazine rings is 1. The molecule has 1 aromatic heterocycles. The number of halogens is 4. The van der Waals surface area contributed by atoms with Gasteiger partial charge in [-0.25, -0.2) is 17.6 Å². The van der Waals surface area contributed by atoms with Crippen LogP contribution in [0.3, 0.4) is 0 Å². The van der Waals surface area contributed by atoms with E-state index in [1.807, 2.05) is 0 Å². The first-order valence-corrected chi connectivity index (χ1v) is 13.0. The van der Waals surface area contributed by atoms with Crippen molar-refractivity contribution >= 4 is 67.4 Å². The van der Waals surface area contributed by atoms with Gasteiger partial charge in [-0.3, -0.25) is 4.79 Å². The van der Waals surface area contributed by atoms with Gasteiger partial charge in [-0.1, -0.05) is 34.8 Å². The van der Waals surface area contributed by atoms with Crippen LogP contribution in [0.25, 0.3) is 10.9 Å². The molecule has 35 heavy (non-hydrogen) atoms. The van der Waals surface area contributed by atoms with Crippen LogP contribution < -0.4 is 10.3 Å². The van der Waals surface area contributed by atoms with E-state index in [1.54, 1.807) is 16.4 Å². The third-order valence-electron chi connectivity index (χ3n) is 5.86. The van der Waals surface area contributed by atoms with E-state index in [0.717, 1.165) is 6.07 Å². The first-order valence-electron chi connectivity index (χ1n) is 10.4. The van der Waals surface area contributed by atoms with Gasteiger partial charge in [0.2, 0.25) is 15.5 Å². The number of carboxylic acid groups (broad SMARTS) is 1. The molecule has 1 fully saturated rings. The summed E-state index contributed by atoms with van der Waals surface area (Å²) in [5, 5.41) is 9.28. The van der Waals surface area contributed by atoms with Gasteiger partial charge in [-0.2, -0.15) is 4.31 Å². The highest BCUT2D eigenvalue weighted by atomic mass is 35.5. The zero-order valence-electron chi connectivity index (χ0n) is 18.3. The van der Waals surface area contributed by atoms with Crippen LogP contribution in [-0.2, 0) is 16.6 Å². The molecule has 1 N–H and O–H groups in total. The van der Waals surface area contributed by atoms with E-state index in [9.17, 15) is 23.1 Å². The molecule has 0 saturated carbocycles. The Morgan fingerprint density at radius 3 is 2.20 bits per heavy atom. The molecule has 2 aromatic carbocycles. The number of aromatic nitrogens is 1. The zero-order valence-corrected chi connectivity index (χ0v) is 21.3. The van der Waals surface area contributed by atoms with Crippen molar-refractivity contribution in [2.45, 2.75) is 18.4 Å². The highest BCUT2D eigenvalue weighted by Crippen LogP contribution is 2.35. The van der Waals surface area contributed by atoms with Gasteiger partial charge in [0.05, 0.1) is 21.2 Å². The fourth-order valence-electron chi connectivity index (χ4n) is 4.13. The number of fused-ring (bicyclic) bond motifs is 1. The molecule has 0 unspecified atom stereocenters. The predicted molar refractivity (Wildman–Crippen MR) is 133 cm³/mol. The number of anilines is 1. The van der Waals surface area contributed by atoms with E-state index >= 15 is 4.39 Å². The average molecular weight is 563 g/mol. The molecule has 0 aliphatic carbocycles. The summed E-state index contributed by atoms with van der Waals surface area (Å²) in [5.74, 6) is -2.10. The second-order valence-electron chi connectivity index (χ2n) is 7.87. The third kappa shape index (κ3) is 4.61. The molecular formula is C22H19Cl3FN3O5S. The Morgan fingerprint density at radius 1 is 1.06 bits per heavy atom. The normalized spacial score (nSPS) is 15.1. The lowest BCUT2D eigenvalue weighted by Gasteiger charge is -2.36. The fourth-order valence-corrected chi connectivity index (χ4v) is 7.04. The Balaban J connectivity index is 1.66. The minimum absolute atomic E-state index is 0.0353. The van der Waals surface area contributed by atoms with Crippen LogP contribution in [-0.4, -0.2) is 54.5 Å². The van der Waals surface area contributed by atoms with E-state index < -0.39 is 32.8 Å². The van der Waals surface area contributed by atoms with E-state index in [0.29, 0.717) is 12.1 Å². The molecular weight excluding hydrogens is 544 g/mol. The Kier molecular flexibility index (Phi) is 7.05. The number of hydrogen-bond acceptors (Lipinski definition) is 5. The Morgan fingerprint density at radius 2 is 1.66 bits per heavy atom. The fraction of sp³-hybridized carbons (Fsp3) is 0.273. The van der Waals surface area contributed by atoms with Gasteiger partial charge in [0.1, 0.15) is 16.3 Å². The largest absolute Gasteiger partial charge is 0.477 e. The number of carboxylic acids is 1. The molecule has 0 radical (unpaired) electrons. The standard InChI is InChI=1S/C22H19Cl3FN3O5S/c1-2-27-11-14(22(31)32)20(30)13-9-17(26)19(10-18(13)27)28-3-5-29(6-4-28)35(33,34)21-15(24)7-12(23)8-16(21)25/h7-11H,2-6H2,1H3,(H,31,32). The van der Waals surface area contributed by atoms with Crippen molar-refractivity contribution in [3.05, 3.63) is 67.1 Å². The number of aryl methyl sites for hydroxylation is 1. The molecule has 186 valence electrons. The SMILES string of the molecule is CCn1cc(C(=O)O)c(=O)c2cc(F)c(N3CCN(S(=O)(=O)c4c(Cl)cc(Cl)cc4Cl)CC3)cc21. The van der Waals surface area contributed by atoms with Crippen LogP contribution in [0.2, 0.25) is 15.1 Å². The van der Waals surface area contributed by atoms with Crippen molar-refractivity contribution in [1.29, 1.82) is 0 Å². The Labute approximate surface area is 215 Å². The summed E-state index contributed by atoms with van der Waals surface area (Å²) in [7, 11) is -4.03. The van der Waals surface area contributed by atoms with E-state index in [4.69, 9.17) is 34.8 Å². The third-order valence-corrected chi connectivity index (χ3v) is 8.90. The number of carbonyl (C=O) groups is 1. The van der Waals surface area contributed by atoms with Crippen LogP contribution >= 0.6 is 34.8 Å². The predicted octanol–water partition coefficient (Wildman–Crippen LogP) is 4.33. The lowest BCUT2D eigenvalue weighted by molar-refractivity contribution is 0.0695. The maximum Gasteiger partial charge on any atom is 0.341 e. The summed E-state index contributed by atoms with van der Waals surface area (Å²) in [6, 6.07) is 5.11. The molecule has 4 rings (SSSR count). The number of sulfonamides is 1. The van der Waals surface area contributed by atoms with Gasteiger partial charge in [0.15, 0.2) is 0 Å². The number of nitrogens with zero attached hydrogens (tertiary/aromatic N) is 3. The van der Waals surface area contributed by atoms with Gasteiger partial charge in [-0.05, 0) is 31.2 Å². The molecule has 3 aromatic rings. The number of hydrogen-bond donors (Lipinski definition) is 1. The van der Waals surface area contributed by atoms with E-state index in [1.165, 1.54) is 28.7 Å². The lowest BCUT2D eigenvalue weighted by atomic mass is 10.1. The van der Waals surface area contributed by atoms with Gasteiger partial charge >= 0.3 is 5.97 Å². The summed E-state index contributed by atoms with van der Waals surface area (Å²) in [6.45, 7) is 2.52. The molecule has 8 nitrogen and oxygen atoms in total. The highest BCUT2D eigenvalue weighted by molar-refractivity contribution is 7.89. The molecule has 0 bridgehead atoms. The van der Waals surface area contributed by atoms with Crippen molar-refractivity contribution in [3.63, 3.8) is 0 Å². The zero-order chi connectivity index (χ0) is 25.7. The van der Waals surface area contributed by atoms with Gasteiger partial charge in [0.25, 0.3) is 0 Å². The monoisotopic (exact) mass is 561 g/mol. The number of aromatic carboxylic acids is 1. The molecule has 13 heteroatoms. The minimum Gasteiger partial charge on any atom is -0.477 e. The molecule has 0 amide bonds. The molecule has 0 atom stereocenters. The summed E-state index contributed by atoms with van der Waals surface area (Å²) < 4.78 is 44.2. The summed E-state index contributed by atoms with van der Waals surface area (Å²) >= 11 is 18.1. The second-order valence-corrected chi connectivity index (χ2v) is 11.0. The van der Waals surface area contributed by atoms with E-state index in [2.05, 4.69) is 0 Å². The molecule has 1 aliphatic heterocycles. The minimum atomic E-state index is -4.03. The van der Waals surface area contributed by atoms with Crippen molar-refractivity contribution in [1.82, 2.24) is 8.87 Å². The summed E-state index contributed by atoms with van der Waals surface area (Å²) in [4.78, 5) is 25.4. The second kappa shape index (κ2) is 9.59. The number of pyridine rings is 1. The smallest absolute Gasteiger partial charge is 0.341 e. The van der Waals surface area contributed by atoms with Gasteiger partial charge in [-0.15, -0.1) is 0 Å². The molecule has 2 heterocycles. The van der Waals surface area contributed by atoms with Crippen molar-refractivity contribution < 1.29 is 22.7 Å². The molecule has 1 aliphatic rings. The maximum atomic E-state index is 15.1. The quantitative estimate of drug-likeness (QED) is 0.497. The van der Waals surface area contributed by atoms with Crippen molar-refractivity contribution in [2.75, 3.05) is 31.1 Å². The van der Waals surface area contributed by atoms with Gasteiger partial charge < -0.3 is 14.6 Å². The van der Waals surface area contributed by atoms with Crippen LogP contribution in [0.1, 0.15) is 17.3 Å². The average Bonchev–Trinajstić information content (AvgIpc) is 2.78. The van der Waals surface area contributed by atoms with Crippen LogP contribution in [0.15, 0.2) is 40.2 Å². The van der Waals surface area contributed by atoms with Crippen LogP contribution in [0, 0.1) is 5.82 Å². The number of benzene rings is 2. The topological polar surface area (TPSA) is 99.9 Å². The highest BCUT2D eigenvalue weighted by Gasteiger charge is 2.33. The summed E-state index contributed by atoms with van der Waals surface area (Å²) in [6.07, 6.45) is 1.23. The Bertz CT molecular complexity index is 1500.